The number of benzene rings is 2. The third-order valence-electron chi connectivity index (χ3n) is 8.14. The highest BCUT2D eigenvalue weighted by Gasteiger charge is 2.54. The third kappa shape index (κ3) is 5.44. The molecule has 2 aliphatic carbocycles. The normalized spacial score (nSPS) is 22.6. The number of sulfonamides is 1. The summed E-state index contributed by atoms with van der Waals surface area (Å²) < 4.78 is 99.7. The van der Waals surface area contributed by atoms with E-state index in [1.165, 1.54) is 18.2 Å². The van der Waals surface area contributed by atoms with Gasteiger partial charge in [0.25, 0.3) is 0 Å². The molecule has 1 fully saturated rings. The molecule has 0 spiro atoms. The van der Waals surface area contributed by atoms with E-state index in [2.05, 4.69) is 18.1 Å². The molecule has 0 amide bonds. The number of rotatable bonds is 8. The Morgan fingerprint density at radius 1 is 1.10 bits per heavy atom. The summed E-state index contributed by atoms with van der Waals surface area (Å²) in [7, 11) is -4.70. The second kappa shape index (κ2) is 10.1. The van der Waals surface area contributed by atoms with Crippen LogP contribution in [-0.4, -0.2) is 35.7 Å². The first-order valence-electron chi connectivity index (χ1n) is 12.7. The van der Waals surface area contributed by atoms with Gasteiger partial charge in [0.05, 0.1) is 29.8 Å². The molecular formula is C28H28F5N3O3S. The molecule has 0 radical (unpaired) electrons. The fourth-order valence-electron chi connectivity index (χ4n) is 5.67. The maximum atomic E-state index is 14.7. The number of halogens is 5. The van der Waals surface area contributed by atoms with Crippen LogP contribution in [0.5, 0.6) is 0 Å². The van der Waals surface area contributed by atoms with Crippen LogP contribution in [0.2, 0.25) is 0 Å². The highest BCUT2D eigenvalue weighted by Crippen LogP contribution is 2.57. The maximum Gasteiger partial charge on any atom is 0.404 e. The SMILES string of the molecule is C[C@]12Cc3cnn(-c4ccc(F)cc4)c3C=C1CC[C@]2(C)OCc1cccc(F)c1CNS(=O)(=O)CC(F)(F)F. The van der Waals surface area contributed by atoms with E-state index in [0.29, 0.717) is 18.4 Å². The van der Waals surface area contributed by atoms with Crippen molar-refractivity contribution in [2.45, 2.75) is 58.0 Å². The molecule has 6 nitrogen and oxygen atoms in total. The Morgan fingerprint density at radius 2 is 1.82 bits per heavy atom. The Hall–Kier alpha value is -3.09. The molecule has 1 saturated carbocycles. The molecule has 40 heavy (non-hydrogen) atoms. The van der Waals surface area contributed by atoms with Gasteiger partial charge in [0, 0.05) is 17.5 Å². The predicted molar refractivity (Wildman–Crippen MR) is 139 cm³/mol. The molecule has 2 atom stereocenters. The van der Waals surface area contributed by atoms with Gasteiger partial charge in [0.15, 0.2) is 5.75 Å². The average molecular weight is 582 g/mol. The molecule has 12 heteroatoms. The van der Waals surface area contributed by atoms with Crippen molar-refractivity contribution >= 4 is 16.1 Å². The Bertz CT molecular complexity index is 1570. The van der Waals surface area contributed by atoms with Crippen LogP contribution in [0.25, 0.3) is 11.8 Å². The number of ether oxygens (including phenoxy) is 1. The Balaban J connectivity index is 1.35. The van der Waals surface area contributed by atoms with Gasteiger partial charge in [-0.25, -0.2) is 26.6 Å². The molecule has 2 aliphatic rings. The van der Waals surface area contributed by atoms with Crippen LogP contribution in [0.3, 0.4) is 0 Å². The van der Waals surface area contributed by atoms with Crippen LogP contribution in [0.1, 0.15) is 49.1 Å². The van der Waals surface area contributed by atoms with Gasteiger partial charge >= 0.3 is 6.18 Å². The smallest absolute Gasteiger partial charge is 0.370 e. The van der Waals surface area contributed by atoms with Crippen LogP contribution < -0.4 is 4.72 Å². The number of hydrogen-bond donors (Lipinski definition) is 1. The molecule has 214 valence electrons. The zero-order chi connectivity index (χ0) is 28.9. The second-order valence-electron chi connectivity index (χ2n) is 10.7. The zero-order valence-corrected chi connectivity index (χ0v) is 22.7. The molecule has 1 N–H and O–H groups in total. The van der Waals surface area contributed by atoms with Gasteiger partial charge in [-0.3, -0.25) is 0 Å². The Morgan fingerprint density at radius 3 is 2.52 bits per heavy atom. The topological polar surface area (TPSA) is 73.2 Å². The summed E-state index contributed by atoms with van der Waals surface area (Å²) >= 11 is 0. The molecule has 1 heterocycles. The van der Waals surface area contributed by atoms with E-state index < -0.39 is 45.3 Å². The molecule has 0 unspecified atom stereocenters. The van der Waals surface area contributed by atoms with Crippen molar-refractivity contribution in [2.75, 3.05) is 5.75 Å². The van der Waals surface area contributed by atoms with Crippen molar-refractivity contribution in [3.05, 3.63) is 88.3 Å². The van der Waals surface area contributed by atoms with Gasteiger partial charge < -0.3 is 4.74 Å². The number of alkyl halides is 3. The van der Waals surface area contributed by atoms with Gasteiger partial charge in [0.1, 0.15) is 11.6 Å². The van der Waals surface area contributed by atoms with Crippen molar-refractivity contribution in [1.82, 2.24) is 14.5 Å². The van der Waals surface area contributed by atoms with Crippen molar-refractivity contribution < 1.29 is 35.1 Å². The zero-order valence-electron chi connectivity index (χ0n) is 21.9. The first kappa shape index (κ1) is 28.4. The first-order valence-corrected chi connectivity index (χ1v) is 14.3. The monoisotopic (exact) mass is 581 g/mol. The number of fused-ring (bicyclic) bond motifs is 2. The van der Waals surface area contributed by atoms with Crippen LogP contribution in [0.15, 0.2) is 54.2 Å². The largest absolute Gasteiger partial charge is 0.404 e. The van der Waals surface area contributed by atoms with E-state index in [1.807, 2.05) is 11.6 Å². The molecule has 1 aromatic heterocycles. The summed E-state index contributed by atoms with van der Waals surface area (Å²) in [6, 6.07) is 10.2. The second-order valence-corrected chi connectivity index (χ2v) is 12.5. The van der Waals surface area contributed by atoms with Crippen molar-refractivity contribution in [3.8, 4) is 5.69 Å². The predicted octanol–water partition coefficient (Wildman–Crippen LogP) is 5.85. The van der Waals surface area contributed by atoms with Gasteiger partial charge in [-0.1, -0.05) is 24.6 Å². The fraction of sp³-hybridized carbons (Fsp3) is 0.393. The van der Waals surface area contributed by atoms with Gasteiger partial charge in [0.2, 0.25) is 10.0 Å². The van der Waals surface area contributed by atoms with Crippen molar-refractivity contribution in [1.29, 1.82) is 0 Å². The lowest BCUT2D eigenvalue weighted by molar-refractivity contribution is -0.106. The highest BCUT2D eigenvalue weighted by atomic mass is 32.2. The average Bonchev–Trinajstić information content (AvgIpc) is 3.37. The lowest BCUT2D eigenvalue weighted by Crippen LogP contribution is -2.45. The minimum absolute atomic E-state index is 0.0604. The number of aromatic nitrogens is 2. The molecule has 0 saturated heterocycles. The summed E-state index contributed by atoms with van der Waals surface area (Å²) in [6.07, 6.45) is 1.00. The van der Waals surface area contributed by atoms with Crippen LogP contribution in [0.4, 0.5) is 22.0 Å². The number of nitrogens with one attached hydrogen (secondary N) is 1. The molecule has 3 aromatic rings. The number of hydrogen-bond acceptors (Lipinski definition) is 4. The lowest BCUT2D eigenvalue weighted by atomic mass is 9.68. The van der Waals surface area contributed by atoms with Crippen LogP contribution in [0, 0.1) is 17.0 Å². The van der Waals surface area contributed by atoms with Crippen molar-refractivity contribution in [2.24, 2.45) is 5.41 Å². The van der Waals surface area contributed by atoms with Gasteiger partial charge in [-0.2, -0.15) is 18.3 Å². The summed E-state index contributed by atoms with van der Waals surface area (Å²) in [6.45, 7) is 3.39. The summed E-state index contributed by atoms with van der Waals surface area (Å²) in [5.74, 6) is -3.12. The molecule has 5 rings (SSSR count). The van der Waals surface area contributed by atoms with E-state index in [0.717, 1.165) is 35.0 Å². The van der Waals surface area contributed by atoms with E-state index in [4.69, 9.17) is 4.74 Å². The van der Waals surface area contributed by atoms with E-state index in [-0.39, 0.29) is 18.0 Å². The minimum Gasteiger partial charge on any atom is -0.370 e. The number of nitrogens with zero attached hydrogens (tertiary/aromatic N) is 2. The Kier molecular flexibility index (Phi) is 7.16. The lowest BCUT2D eigenvalue weighted by Gasteiger charge is -2.43. The molecule has 0 bridgehead atoms. The quantitative estimate of drug-likeness (QED) is 0.339. The summed E-state index contributed by atoms with van der Waals surface area (Å²) in [5, 5.41) is 4.52. The van der Waals surface area contributed by atoms with E-state index in [9.17, 15) is 30.4 Å². The summed E-state index contributed by atoms with van der Waals surface area (Å²) in [4.78, 5) is 0. The summed E-state index contributed by atoms with van der Waals surface area (Å²) in [5.41, 5.74) is 3.00. The maximum absolute atomic E-state index is 14.7. The van der Waals surface area contributed by atoms with E-state index >= 15 is 0 Å². The Labute approximate surface area is 228 Å². The first-order chi connectivity index (χ1) is 18.7. The minimum atomic E-state index is -4.92. The standard InChI is InChI=1S/C28H28F5N3O3S/c1-26-13-19-14-34-36(22-8-6-21(29)7-9-22)25(19)12-20(26)10-11-27(26,2)39-16-18-4-3-5-24(30)23(18)15-35-40(37,38)17-28(31,32)33/h3-9,12,14,35H,10-11,13,15-17H2,1-2H3/t26-,27-/m0/s1. The van der Waals surface area contributed by atoms with Gasteiger partial charge in [-0.15, -0.1) is 0 Å². The molecule has 0 aliphatic heterocycles. The molecular weight excluding hydrogens is 553 g/mol. The van der Waals surface area contributed by atoms with Crippen LogP contribution >= 0.6 is 0 Å². The molecule has 2 aromatic carbocycles. The van der Waals surface area contributed by atoms with Gasteiger partial charge in [-0.05, 0) is 73.7 Å². The third-order valence-corrected chi connectivity index (χ3v) is 9.44. The fourth-order valence-corrected chi connectivity index (χ4v) is 6.56. The van der Waals surface area contributed by atoms with E-state index in [1.54, 1.807) is 29.1 Å². The van der Waals surface area contributed by atoms with Crippen molar-refractivity contribution in [3.63, 3.8) is 0 Å². The highest BCUT2D eigenvalue weighted by molar-refractivity contribution is 7.89. The van der Waals surface area contributed by atoms with Crippen LogP contribution in [-0.2, 0) is 34.3 Å².